The first-order chi connectivity index (χ1) is 7.06. The second-order valence-corrected chi connectivity index (χ2v) is 4.27. The van der Waals surface area contributed by atoms with Gasteiger partial charge in [0, 0.05) is 17.7 Å². The molecule has 1 aromatic rings. The lowest BCUT2D eigenvalue weighted by Crippen LogP contribution is -2.20. The molecule has 1 heterocycles. The number of aryl methyl sites for hydroxylation is 2. The molecular weight excluding hydrogens is 188 g/mol. The van der Waals surface area contributed by atoms with Gasteiger partial charge in [0.2, 0.25) is 0 Å². The van der Waals surface area contributed by atoms with E-state index in [1.54, 1.807) is 0 Å². The number of hydrogen-bond donors (Lipinski definition) is 1. The molecule has 1 aromatic heterocycles. The lowest BCUT2D eigenvalue weighted by molar-refractivity contribution is 0.725. The molecule has 15 heavy (non-hydrogen) atoms. The van der Waals surface area contributed by atoms with Gasteiger partial charge < -0.3 is 4.98 Å². The van der Waals surface area contributed by atoms with E-state index < -0.39 is 0 Å². The van der Waals surface area contributed by atoms with Crippen LogP contribution in [0, 0.1) is 6.92 Å². The minimum atomic E-state index is 0.0311. The van der Waals surface area contributed by atoms with Crippen molar-refractivity contribution in [2.24, 2.45) is 0 Å². The molecule has 1 rings (SSSR count). The van der Waals surface area contributed by atoms with Gasteiger partial charge in [-0.2, -0.15) is 0 Å². The summed E-state index contributed by atoms with van der Waals surface area (Å²) in [5, 5.41) is 0. The number of unbranched alkanes of at least 4 members (excludes halogenated alkanes) is 1. The Bertz CT molecular complexity index is 380. The quantitative estimate of drug-likeness (QED) is 0.826. The molecule has 0 atom stereocenters. The third kappa shape index (κ3) is 2.91. The van der Waals surface area contributed by atoms with Crippen LogP contribution in [0.4, 0.5) is 0 Å². The van der Waals surface area contributed by atoms with E-state index in [-0.39, 0.29) is 11.5 Å². The van der Waals surface area contributed by atoms with E-state index in [4.69, 9.17) is 0 Å². The van der Waals surface area contributed by atoms with E-state index in [1.165, 1.54) is 0 Å². The summed E-state index contributed by atoms with van der Waals surface area (Å²) in [7, 11) is 0. The van der Waals surface area contributed by atoms with Crippen molar-refractivity contribution >= 4 is 0 Å². The van der Waals surface area contributed by atoms with Gasteiger partial charge in [-0.25, -0.2) is 4.98 Å². The van der Waals surface area contributed by atoms with Gasteiger partial charge in [-0.1, -0.05) is 27.2 Å². The van der Waals surface area contributed by atoms with Gasteiger partial charge in [0.25, 0.3) is 5.56 Å². The number of nitrogens with zero attached hydrogens (tertiary/aromatic N) is 1. The van der Waals surface area contributed by atoms with Crippen LogP contribution >= 0.6 is 0 Å². The van der Waals surface area contributed by atoms with Crippen LogP contribution in [0.1, 0.15) is 56.6 Å². The maximum Gasteiger partial charge on any atom is 0.254 e. The molecule has 3 heteroatoms. The van der Waals surface area contributed by atoms with Crippen molar-refractivity contribution < 1.29 is 0 Å². The zero-order valence-electron chi connectivity index (χ0n) is 10.1. The van der Waals surface area contributed by atoms with Gasteiger partial charge in [-0.3, -0.25) is 4.79 Å². The number of aromatic amines is 1. The van der Waals surface area contributed by atoms with E-state index in [0.29, 0.717) is 0 Å². The molecule has 0 saturated heterocycles. The van der Waals surface area contributed by atoms with Crippen molar-refractivity contribution in [1.82, 2.24) is 9.97 Å². The highest BCUT2D eigenvalue weighted by atomic mass is 16.1. The molecule has 0 spiro atoms. The highest BCUT2D eigenvalue weighted by molar-refractivity contribution is 5.19. The van der Waals surface area contributed by atoms with Crippen molar-refractivity contribution in [3.05, 3.63) is 27.4 Å². The fourth-order valence-electron chi connectivity index (χ4n) is 1.80. The van der Waals surface area contributed by atoms with Crippen molar-refractivity contribution in [3.8, 4) is 0 Å². The van der Waals surface area contributed by atoms with Gasteiger partial charge in [0.15, 0.2) is 0 Å². The molecule has 0 saturated carbocycles. The molecule has 0 aliphatic carbocycles. The van der Waals surface area contributed by atoms with Crippen LogP contribution in [0.3, 0.4) is 0 Å². The van der Waals surface area contributed by atoms with Crippen LogP contribution < -0.4 is 5.56 Å². The highest BCUT2D eigenvalue weighted by Crippen LogP contribution is 2.12. The number of rotatable bonds is 4. The maximum atomic E-state index is 11.8. The van der Waals surface area contributed by atoms with Gasteiger partial charge in [-0.15, -0.1) is 0 Å². The summed E-state index contributed by atoms with van der Waals surface area (Å²) < 4.78 is 0. The standard InChI is InChI=1S/C12H20N2O/c1-5-6-7-10-13-9(4)11(8(2)3)12(15)14-10/h8H,5-7H2,1-4H3,(H,13,14,15). The van der Waals surface area contributed by atoms with Gasteiger partial charge in [0.05, 0.1) is 0 Å². The Labute approximate surface area is 91.0 Å². The fraction of sp³-hybridized carbons (Fsp3) is 0.667. The summed E-state index contributed by atoms with van der Waals surface area (Å²) in [5.74, 6) is 1.06. The Kier molecular flexibility index (Phi) is 4.06. The molecule has 0 aliphatic rings. The first kappa shape index (κ1) is 12.0. The first-order valence-corrected chi connectivity index (χ1v) is 5.66. The van der Waals surface area contributed by atoms with Crippen molar-refractivity contribution in [2.45, 2.75) is 52.9 Å². The van der Waals surface area contributed by atoms with E-state index in [0.717, 1.165) is 36.3 Å². The van der Waals surface area contributed by atoms with Crippen LogP contribution in [0.25, 0.3) is 0 Å². The lowest BCUT2D eigenvalue weighted by Gasteiger charge is -2.09. The SMILES string of the molecule is CCCCc1nc(C)c(C(C)C)c(=O)[nH]1. The van der Waals surface area contributed by atoms with Gasteiger partial charge in [0.1, 0.15) is 5.82 Å². The van der Waals surface area contributed by atoms with E-state index in [2.05, 4.69) is 16.9 Å². The Hall–Kier alpha value is -1.12. The zero-order chi connectivity index (χ0) is 11.4. The topological polar surface area (TPSA) is 45.8 Å². The Morgan fingerprint density at radius 3 is 2.53 bits per heavy atom. The van der Waals surface area contributed by atoms with Crippen LogP contribution in [-0.4, -0.2) is 9.97 Å². The molecule has 0 unspecified atom stereocenters. The molecule has 0 bridgehead atoms. The molecule has 84 valence electrons. The molecule has 0 aromatic carbocycles. The van der Waals surface area contributed by atoms with Crippen molar-refractivity contribution in [2.75, 3.05) is 0 Å². The minimum absolute atomic E-state index is 0.0311. The van der Waals surface area contributed by atoms with Crippen molar-refractivity contribution in [1.29, 1.82) is 0 Å². The molecule has 0 aliphatic heterocycles. The van der Waals surface area contributed by atoms with Crippen LogP contribution in [-0.2, 0) is 6.42 Å². The summed E-state index contributed by atoms with van der Waals surface area (Å²) in [6.07, 6.45) is 3.06. The second-order valence-electron chi connectivity index (χ2n) is 4.27. The summed E-state index contributed by atoms with van der Waals surface area (Å²) in [6.45, 7) is 8.09. The average Bonchev–Trinajstić information content (AvgIpc) is 2.12. The van der Waals surface area contributed by atoms with E-state index in [1.807, 2.05) is 20.8 Å². The van der Waals surface area contributed by atoms with Gasteiger partial charge in [-0.05, 0) is 19.3 Å². The number of aromatic nitrogens is 2. The molecule has 0 fully saturated rings. The predicted octanol–water partition coefficient (Wildman–Crippen LogP) is 2.54. The summed E-state index contributed by atoms with van der Waals surface area (Å²) in [6, 6.07) is 0. The monoisotopic (exact) mass is 208 g/mol. The summed E-state index contributed by atoms with van der Waals surface area (Å²) in [4.78, 5) is 19.1. The molecular formula is C12H20N2O. The van der Waals surface area contributed by atoms with E-state index in [9.17, 15) is 4.79 Å². The van der Waals surface area contributed by atoms with Crippen LogP contribution in [0.5, 0.6) is 0 Å². The summed E-state index contributed by atoms with van der Waals surface area (Å²) in [5.41, 5.74) is 1.72. The molecule has 1 N–H and O–H groups in total. The third-order valence-corrected chi connectivity index (χ3v) is 2.54. The number of H-pyrrole nitrogens is 1. The first-order valence-electron chi connectivity index (χ1n) is 5.66. The van der Waals surface area contributed by atoms with Crippen LogP contribution in [0.15, 0.2) is 4.79 Å². The fourth-order valence-corrected chi connectivity index (χ4v) is 1.80. The number of nitrogens with one attached hydrogen (secondary N) is 1. The molecule has 0 radical (unpaired) electrons. The second kappa shape index (κ2) is 5.10. The van der Waals surface area contributed by atoms with Crippen LogP contribution in [0.2, 0.25) is 0 Å². The highest BCUT2D eigenvalue weighted by Gasteiger charge is 2.10. The Morgan fingerprint density at radius 1 is 1.40 bits per heavy atom. The smallest absolute Gasteiger partial charge is 0.254 e. The average molecular weight is 208 g/mol. The third-order valence-electron chi connectivity index (χ3n) is 2.54. The van der Waals surface area contributed by atoms with Crippen molar-refractivity contribution in [3.63, 3.8) is 0 Å². The lowest BCUT2D eigenvalue weighted by atomic mass is 10.0. The maximum absolute atomic E-state index is 11.8. The minimum Gasteiger partial charge on any atom is -0.310 e. The normalized spacial score (nSPS) is 11.0. The molecule has 0 amide bonds. The zero-order valence-corrected chi connectivity index (χ0v) is 10.1. The van der Waals surface area contributed by atoms with E-state index >= 15 is 0 Å². The Morgan fingerprint density at radius 2 is 2.07 bits per heavy atom. The number of hydrogen-bond acceptors (Lipinski definition) is 2. The van der Waals surface area contributed by atoms with Gasteiger partial charge >= 0.3 is 0 Å². The molecule has 3 nitrogen and oxygen atoms in total. The predicted molar refractivity (Wildman–Crippen MR) is 62.3 cm³/mol. The largest absolute Gasteiger partial charge is 0.310 e. The summed E-state index contributed by atoms with van der Waals surface area (Å²) >= 11 is 0. The Balaban J connectivity index is 3.03.